The van der Waals surface area contributed by atoms with Crippen molar-refractivity contribution in [1.82, 2.24) is 15.0 Å². The first-order chi connectivity index (χ1) is 10.6. The van der Waals surface area contributed by atoms with E-state index in [1.807, 2.05) is 0 Å². The summed E-state index contributed by atoms with van der Waals surface area (Å²) in [5.74, 6) is 0. The fraction of sp³-hybridized carbons (Fsp3) is 0.526. The molecule has 22 heavy (non-hydrogen) atoms. The van der Waals surface area contributed by atoms with Gasteiger partial charge in [0, 0.05) is 30.6 Å². The Labute approximate surface area is 134 Å². The van der Waals surface area contributed by atoms with Crippen LogP contribution in [0, 0.1) is 6.92 Å². The van der Waals surface area contributed by atoms with E-state index < -0.39 is 0 Å². The molecule has 0 saturated heterocycles. The van der Waals surface area contributed by atoms with Crippen LogP contribution in [0.25, 0.3) is 5.57 Å². The summed E-state index contributed by atoms with van der Waals surface area (Å²) in [4.78, 5) is 4.76. The molecule has 3 nitrogen and oxygen atoms in total. The molecule has 2 aliphatic rings. The van der Waals surface area contributed by atoms with Crippen LogP contribution in [0.5, 0.6) is 0 Å². The number of hydrazine groups is 1. The van der Waals surface area contributed by atoms with E-state index in [0.29, 0.717) is 6.04 Å². The number of pyridine rings is 1. The quantitative estimate of drug-likeness (QED) is 0.760. The Morgan fingerprint density at radius 1 is 1.36 bits per heavy atom. The van der Waals surface area contributed by atoms with E-state index in [2.05, 4.69) is 61.9 Å². The van der Waals surface area contributed by atoms with Gasteiger partial charge in [-0.15, -0.1) is 0 Å². The van der Waals surface area contributed by atoms with Crippen LogP contribution in [0.3, 0.4) is 0 Å². The van der Waals surface area contributed by atoms with Crippen LogP contribution in [-0.2, 0) is 0 Å². The first-order valence-corrected chi connectivity index (χ1v) is 8.46. The summed E-state index contributed by atoms with van der Waals surface area (Å²) in [5, 5.41) is 4.80. The molecule has 1 unspecified atom stereocenters. The lowest BCUT2D eigenvalue weighted by Crippen LogP contribution is -2.47. The molecular weight excluding hydrogens is 270 g/mol. The first-order valence-electron chi connectivity index (χ1n) is 8.46. The number of rotatable bonds is 5. The zero-order valence-corrected chi connectivity index (χ0v) is 14.0. The number of nitrogens with zero attached hydrogens (tertiary/aromatic N) is 3. The molecule has 0 bridgehead atoms. The minimum atomic E-state index is 0.259. The van der Waals surface area contributed by atoms with Crippen LogP contribution >= 0.6 is 0 Å². The third kappa shape index (κ3) is 2.70. The Hall–Kier alpha value is -1.61. The van der Waals surface area contributed by atoms with Gasteiger partial charge in [-0.2, -0.15) is 0 Å². The first kappa shape index (κ1) is 15.3. The van der Waals surface area contributed by atoms with Gasteiger partial charge >= 0.3 is 0 Å². The molecule has 0 spiro atoms. The third-order valence-corrected chi connectivity index (χ3v) is 4.89. The number of aryl methyl sites for hydroxylation is 1. The summed E-state index contributed by atoms with van der Waals surface area (Å²) in [7, 11) is 2.20. The zero-order valence-electron chi connectivity index (χ0n) is 14.0. The Bertz CT molecular complexity index is 586. The SMILES string of the molecule is C=C(CCC)C1C(c2cccc(C)n2)=CN(C2CCC2)N1C. The van der Waals surface area contributed by atoms with Crippen molar-refractivity contribution in [3.63, 3.8) is 0 Å². The van der Waals surface area contributed by atoms with Crippen molar-refractivity contribution >= 4 is 5.57 Å². The van der Waals surface area contributed by atoms with Crippen molar-refractivity contribution in [1.29, 1.82) is 0 Å². The van der Waals surface area contributed by atoms with Gasteiger partial charge in [0.05, 0.1) is 11.7 Å². The van der Waals surface area contributed by atoms with Gasteiger partial charge in [-0.05, 0) is 44.7 Å². The molecule has 1 aliphatic heterocycles. The predicted molar refractivity (Wildman–Crippen MR) is 92.0 cm³/mol. The fourth-order valence-electron chi connectivity index (χ4n) is 3.51. The van der Waals surface area contributed by atoms with E-state index in [1.54, 1.807) is 0 Å². The fourth-order valence-corrected chi connectivity index (χ4v) is 3.51. The molecule has 1 atom stereocenters. The van der Waals surface area contributed by atoms with Crippen LogP contribution in [0.15, 0.2) is 36.6 Å². The lowest BCUT2D eigenvalue weighted by molar-refractivity contribution is -0.0138. The maximum Gasteiger partial charge on any atom is 0.0782 e. The minimum absolute atomic E-state index is 0.259. The molecule has 3 heteroatoms. The number of hydrogen-bond acceptors (Lipinski definition) is 3. The van der Waals surface area contributed by atoms with Crippen LogP contribution in [0.1, 0.15) is 50.4 Å². The Morgan fingerprint density at radius 3 is 2.73 bits per heavy atom. The summed E-state index contributed by atoms with van der Waals surface area (Å²) >= 11 is 0. The van der Waals surface area contributed by atoms with Gasteiger partial charge < -0.3 is 5.01 Å². The molecule has 1 saturated carbocycles. The Morgan fingerprint density at radius 2 is 2.14 bits per heavy atom. The van der Waals surface area contributed by atoms with Crippen molar-refractivity contribution in [2.75, 3.05) is 7.05 Å². The monoisotopic (exact) mass is 297 g/mol. The van der Waals surface area contributed by atoms with Gasteiger partial charge in [0.15, 0.2) is 0 Å². The summed E-state index contributed by atoms with van der Waals surface area (Å²) < 4.78 is 0. The highest BCUT2D eigenvalue weighted by Crippen LogP contribution is 2.38. The summed E-state index contributed by atoms with van der Waals surface area (Å²) in [6, 6.07) is 7.20. The van der Waals surface area contributed by atoms with Gasteiger partial charge in [-0.25, -0.2) is 5.01 Å². The Kier molecular flexibility index (Phi) is 4.34. The van der Waals surface area contributed by atoms with E-state index in [9.17, 15) is 0 Å². The van der Waals surface area contributed by atoms with E-state index in [0.717, 1.165) is 24.2 Å². The van der Waals surface area contributed by atoms with Crippen LogP contribution < -0.4 is 0 Å². The van der Waals surface area contributed by atoms with Gasteiger partial charge in [0.1, 0.15) is 0 Å². The van der Waals surface area contributed by atoms with Crippen molar-refractivity contribution < 1.29 is 0 Å². The lowest BCUT2D eigenvalue weighted by Gasteiger charge is -2.41. The maximum atomic E-state index is 4.76. The highest BCUT2D eigenvalue weighted by atomic mass is 15.6. The van der Waals surface area contributed by atoms with Gasteiger partial charge in [0.2, 0.25) is 0 Å². The molecule has 1 fully saturated rings. The normalized spacial score (nSPS) is 22.6. The molecule has 2 heterocycles. The molecule has 1 aliphatic carbocycles. The number of hydrogen-bond donors (Lipinski definition) is 0. The summed E-state index contributed by atoms with van der Waals surface area (Å²) in [5.41, 5.74) is 4.76. The maximum absolute atomic E-state index is 4.76. The smallest absolute Gasteiger partial charge is 0.0782 e. The molecule has 1 aromatic rings. The van der Waals surface area contributed by atoms with Crippen LogP contribution in [0.2, 0.25) is 0 Å². The van der Waals surface area contributed by atoms with E-state index in [1.165, 1.54) is 30.4 Å². The second-order valence-electron chi connectivity index (χ2n) is 6.60. The number of likely N-dealkylation sites (N-methyl/N-ethyl adjacent to an activating group) is 1. The van der Waals surface area contributed by atoms with Gasteiger partial charge in [0.25, 0.3) is 0 Å². The predicted octanol–water partition coefficient (Wildman–Crippen LogP) is 4.17. The second kappa shape index (κ2) is 6.25. The highest BCUT2D eigenvalue weighted by molar-refractivity contribution is 5.71. The highest BCUT2D eigenvalue weighted by Gasteiger charge is 2.38. The summed E-state index contributed by atoms with van der Waals surface area (Å²) in [6.07, 6.45) is 8.46. The third-order valence-electron chi connectivity index (χ3n) is 4.89. The van der Waals surface area contributed by atoms with Crippen molar-refractivity contribution in [2.24, 2.45) is 0 Å². The van der Waals surface area contributed by atoms with E-state index in [-0.39, 0.29) is 6.04 Å². The average Bonchev–Trinajstić information content (AvgIpc) is 2.75. The van der Waals surface area contributed by atoms with Crippen LogP contribution in [-0.4, -0.2) is 34.1 Å². The molecule has 3 rings (SSSR count). The lowest BCUT2D eigenvalue weighted by atomic mass is 9.93. The van der Waals surface area contributed by atoms with E-state index >= 15 is 0 Å². The van der Waals surface area contributed by atoms with Crippen LogP contribution in [0.4, 0.5) is 0 Å². The number of aromatic nitrogens is 1. The molecule has 118 valence electrons. The molecule has 0 aromatic carbocycles. The van der Waals surface area contributed by atoms with Crippen molar-refractivity contribution in [3.8, 4) is 0 Å². The van der Waals surface area contributed by atoms with Crippen molar-refractivity contribution in [2.45, 2.75) is 58.0 Å². The average molecular weight is 297 g/mol. The molecule has 1 aromatic heterocycles. The minimum Gasteiger partial charge on any atom is -0.309 e. The Balaban J connectivity index is 1.95. The molecule has 0 radical (unpaired) electrons. The van der Waals surface area contributed by atoms with Crippen molar-refractivity contribution in [3.05, 3.63) is 47.9 Å². The summed E-state index contributed by atoms with van der Waals surface area (Å²) in [6.45, 7) is 8.65. The zero-order chi connectivity index (χ0) is 15.7. The van der Waals surface area contributed by atoms with Gasteiger partial charge in [-0.1, -0.05) is 31.6 Å². The van der Waals surface area contributed by atoms with Gasteiger partial charge in [-0.3, -0.25) is 4.98 Å². The molecular formula is C19H27N3. The second-order valence-corrected chi connectivity index (χ2v) is 6.60. The largest absolute Gasteiger partial charge is 0.309 e. The van der Waals surface area contributed by atoms with E-state index in [4.69, 9.17) is 4.98 Å². The standard InChI is InChI=1S/C19H27N3/c1-5-8-14(2)19-17(18-12-6-9-15(3)20-18)13-22(21(19)4)16-10-7-11-16/h6,9,12-13,16,19H,2,5,7-8,10-11H2,1,3-4H3. The molecule has 0 amide bonds. The molecule has 0 N–H and O–H groups in total. The topological polar surface area (TPSA) is 19.4 Å².